The SMILES string of the molecule is CC(C)(C)n1c(-c2cnn3ccncc23)n[nH]c1=S. The zero-order valence-corrected chi connectivity index (χ0v) is 11.8. The highest BCUT2D eigenvalue weighted by Crippen LogP contribution is 2.27. The quantitative estimate of drug-likeness (QED) is 0.692. The zero-order chi connectivity index (χ0) is 13.6. The predicted octanol–water partition coefficient (Wildman–Crippen LogP) is 2.41. The average molecular weight is 274 g/mol. The Bertz CT molecular complexity index is 788. The first kappa shape index (κ1) is 12.0. The molecule has 0 aliphatic heterocycles. The average Bonchev–Trinajstić information content (AvgIpc) is 2.91. The summed E-state index contributed by atoms with van der Waals surface area (Å²) >= 11 is 5.32. The topological polar surface area (TPSA) is 63.8 Å². The van der Waals surface area contributed by atoms with Crippen LogP contribution in [0.15, 0.2) is 24.8 Å². The second-order valence-corrected chi connectivity index (χ2v) is 5.71. The number of H-pyrrole nitrogens is 1. The molecule has 0 atom stereocenters. The van der Waals surface area contributed by atoms with Crippen molar-refractivity contribution in [2.45, 2.75) is 26.3 Å². The van der Waals surface area contributed by atoms with Crippen molar-refractivity contribution >= 4 is 17.7 Å². The van der Waals surface area contributed by atoms with E-state index in [9.17, 15) is 0 Å². The Balaban J connectivity index is 2.32. The molecule has 0 aliphatic rings. The van der Waals surface area contributed by atoms with E-state index < -0.39 is 0 Å². The number of nitrogens with one attached hydrogen (secondary N) is 1. The Labute approximate surface area is 115 Å². The normalized spacial score (nSPS) is 12.2. The number of aromatic nitrogens is 6. The summed E-state index contributed by atoms with van der Waals surface area (Å²) in [7, 11) is 0. The number of nitrogens with zero attached hydrogens (tertiary/aromatic N) is 5. The summed E-state index contributed by atoms with van der Waals surface area (Å²) in [5.74, 6) is 0.778. The lowest BCUT2D eigenvalue weighted by atomic mass is 10.1. The van der Waals surface area contributed by atoms with Gasteiger partial charge in [-0.2, -0.15) is 10.2 Å². The van der Waals surface area contributed by atoms with Crippen LogP contribution in [0.2, 0.25) is 0 Å². The zero-order valence-electron chi connectivity index (χ0n) is 11.0. The van der Waals surface area contributed by atoms with E-state index in [0.717, 1.165) is 16.9 Å². The number of hydrogen-bond acceptors (Lipinski definition) is 4. The van der Waals surface area contributed by atoms with Crippen molar-refractivity contribution in [3.63, 3.8) is 0 Å². The molecule has 0 spiro atoms. The summed E-state index contributed by atoms with van der Waals surface area (Å²) in [6.45, 7) is 6.27. The van der Waals surface area contributed by atoms with Gasteiger partial charge in [-0.1, -0.05) is 0 Å². The third-order valence-corrected chi connectivity index (χ3v) is 3.18. The van der Waals surface area contributed by atoms with Crippen molar-refractivity contribution in [1.29, 1.82) is 0 Å². The maximum Gasteiger partial charge on any atom is 0.195 e. The molecule has 0 saturated carbocycles. The van der Waals surface area contributed by atoms with Crippen LogP contribution in [-0.4, -0.2) is 29.4 Å². The fourth-order valence-corrected chi connectivity index (χ4v) is 2.51. The van der Waals surface area contributed by atoms with Crippen LogP contribution in [0, 0.1) is 4.77 Å². The highest BCUT2D eigenvalue weighted by Gasteiger charge is 2.22. The molecule has 6 nitrogen and oxygen atoms in total. The molecule has 3 heterocycles. The largest absolute Gasteiger partial charge is 0.295 e. The van der Waals surface area contributed by atoms with E-state index in [4.69, 9.17) is 12.2 Å². The number of aromatic amines is 1. The molecule has 0 radical (unpaired) electrons. The van der Waals surface area contributed by atoms with Crippen LogP contribution < -0.4 is 0 Å². The van der Waals surface area contributed by atoms with Crippen LogP contribution >= 0.6 is 12.2 Å². The van der Waals surface area contributed by atoms with E-state index in [-0.39, 0.29) is 5.54 Å². The second-order valence-electron chi connectivity index (χ2n) is 5.32. The summed E-state index contributed by atoms with van der Waals surface area (Å²) in [6.07, 6.45) is 7.06. The molecule has 0 saturated heterocycles. The van der Waals surface area contributed by atoms with Crippen molar-refractivity contribution in [3.05, 3.63) is 29.6 Å². The summed E-state index contributed by atoms with van der Waals surface area (Å²) in [5.41, 5.74) is 1.66. The van der Waals surface area contributed by atoms with Gasteiger partial charge in [0.2, 0.25) is 0 Å². The first-order valence-electron chi connectivity index (χ1n) is 5.94. The molecule has 0 aromatic carbocycles. The second kappa shape index (κ2) is 3.99. The molecule has 98 valence electrons. The Morgan fingerprint density at radius 1 is 1.26 bits per heavy atom. The van der Waals surface area contributed by atoms with E-state index >= 15 is 0 Å². The Morgan fingerprint density at radius 2 is 2.05 bits per heavy atom. The van der Waals surface area contributed by atoms with Gasteiger partial charge in [0.1, 0.15) is 0 Å². The van der Waals surface area contributed by atoms with Crippen LogP contribution in [-0.2, 0) is 5.54 Å². The summed E-state index contributed by atoms with van der Waals surface area (Å²) in [4.78, 5) is 4.14. The van der Waals surface area contributed by atoms with E-state index in [1.807, 2.05) is 10.8 Å². The lowest BCUT2D eigenvalue weighted by molar-refractivity contribution is 0.395. The van der Waals surface area contributed by atoms with Gasteiger partial charge < -0.3 is 0 Å². The van der Waals surface area contributed by atoms with Crippen LogP contribution in [0.3, 0.4) is 0 Å². The van der Waals surface area contributed by atoms with Crippen molar-refractivity contribution in [2.75, 3.05) is 0 Å². The molecule has 0 amide bonds. The number of hydrogen-bond donors (Lipinski definition) is 1. The van der Waals surface area contributed by atoms with E-state index in [1.54, 1.807) is 23.1 Å². The molecule has 3 aromatic rings. The minimum atomic E-state index is -0.157. The Kier molecular flexibility index (Phi) is 2.53. The van der Waals surface area contributed by atoms with Crippen LogP contribution in [0.4, 0.5) is 0 Å². The van der Waals surface area contributed by atoms with Crippen LogP contribution in [0.5, 0.6) is 0 Å². The summed E-state index contributed by atoms with van der Waals surface area (Å²) in [6, 6.07) is 0. The number of rotatable bonds is 1. The highest BCUT2D eigenvalue weighted by molar-refractivity contribution is 7.71. The van der Waals surface area contributed by atoms with Gasteiger partial charge in [0.15, 0.2) is 10.6 Å². The van der Waals surface area contributed by atoms with Crippen molar-refractivity contribution in [2.24, 2.45) is 0 Å². The molecule has 0 aliphatic carbocycles. The van der Waals surface area contributed by atoms with Gasteiger partial charge in [-0.25, -0.2) is 4.52 Å². The molecule has 3 aromatic heterocycles. The fraction of sp³-hybridized carbons (Fsp3) is 0.333. The maximum atomic E-state index is 5.32. The summed E-state index contributed by atoms with van der Waals surface area (Å²) in [5, 5.41) is 11.5. The van der Waals surface area contributed by atoms with E-state index in [2.05, 4.69) is 41.1 Å². The first-order valence-corrected chi connectivity index (χ1v) is 6.35. The molecule has 7 heteroatoms. The van der Waals surface area contributed by atoms with Crippen molar-refractivity contribution in [1.82, 2.24) is 29.4 Å². The lowest BCUT2D eigenvalue weighted by Crippen LogP contribution is -2.22. The minimum absolute atomic E-state index is 0.157. The van der Waals surface area contributed by atoms with Gasteiger partial charge in [-0.15, -0.1) is 0 Å². The maximum absolute atomic E-state index is 5.32. The van der Waals surface area contributed by atoms with Gasteiger partial charge in [0, 0.05) is 17.9 Å². The third-order valence-electron chi connectivity index (χ3n) is 2.91. The van der Waals surface area contributed by atoms with Gasteiger partial charge in [-0.05, 0) is 33.0 Å². The van der Waals surface area contributed by atoms with Gasteiger partial charge in [0.25, 0.3) is 0 Å². The minimum Gasteiger partial charge on any atom is -0.295 e. The van der Waals surface area contributed by atoms with E-state index in [0.29, 0.717) is 4.77 Å². The number of fused-ring (bicyclic) bond motifs is 1. The monoisotopic (exact) mass is 274 g/mol. The van der Waals surface area contributed by atoms with Crippen LogP contribution in [0.25, 0.3) is 16.9 Å². The molecular formula is C12H14N6S. The molecule has 3 rings (SSSR count). The Morgan fingerprint density at radius 3 is 2.79 bits per heavy atom. The van der Waals surface area contributed by atoms with Crippen molar-refractivity contribution < 1.29 is 0 Å². The van der Waals surface area contributed by atoms with Crippen LogP contribution in [0.1, 0.15) is 20.8 Å². The van der Waals surface area contributed by atoms with Gasteiger partial charge >= 0.3 is 0 Å². The molecular weight excluding hydrogens is 260 g/mol. The smallest absolute Gasteiger partial charge is 0.195 e. The van der Waals surface area contributed by atoms with E-state index in [1.165, 1.54) is 0 Å². The Hall–Kier alpha value is -2.02. The standard InChI is InChI=1S/C12H14N6S/c1-12(2,3)18-10(15-16-11(18)19)8-6-14-17-5-4-13-7-9(8)17/h4-7H,1-3H3,(H,16,19). The van der Waals surface area contributed by atoms with Gasteiger partial charge in [-0.3, -0.25) is 14.6 Å². The third kappa shape index (κ3) is 1.86. The van der Waals surface area contributed by atoms with Gasteiger partial charge in [0.05, 0.1) is 23.5 Å². The predicted molar refractivity (Wildman–Crippen MR) is 74.4 cm³/mol. The van der Waals surface area contributed by atoms with Crippen molar-refractivity contribution in [3.8, 4) is 11.4 Å². The lowest BCUT2D eigenvalue weighted by Gasteiger charge is -2.22. The first-order chi connectivity index (χ1) is 8.98. The molecule has 0 fully saturated rings. The molecule has 1 N–H and O–H groups in total. The molecule has 0 unspecified atom stereocenters. The highest BCUT2D eigenvalue weighted by atomic mass is 32.1. The molecule has 0 bridgehead atoms. The fourth-order valence-electron chi connectivity index (χ4n) is 2.11. The molecule has 19 heavy (non-hydrogen) atoms. The summed E-state index contributed by atoms with van der Waals surface area (Å²) < 4.78 is 4.37.